The molecule has 1 aromatic carbocycles. The number of rotatable bonds is 3. The second-order valence-corrected chi connectivity index (χ2v) is 5.99. The van der Waals surface area contributed by atoms with Crippen molar-refractivity contribution in [1.82, 2.24) is 4.90 Å². The van der Waals surface area contributed by atoms with Crippen molar-refractivity contribution >= 4 is 11.8 Å². The molecule has 1 atom stereocenters. The zero-order chi connectivity index (χ0) is 14.2. The summed E-state index contributed by atoms with van der Waals surface area (Å²) in [6.07, 6.45) is 4.20. The lowest BCUT2D eigenvalue weighted by atomic mass is 9.84. The number of carbonyl (C=O) groups excluding carboxylic acids is 2. The highest BCUT2D eigenvalue weighted by Gasteiger charge is 2.52. The van der Waals surface area contributed by atoms with Gasteiger partial charge in [-0.2, -0.15) is 0 Å². The fraction of sp³-hybridized carbons (Fsp3) is 0.500. The van der Waals surface area contributed by atoms with Gasteiger partial charge in [0.25, 0.3) is 0 Å². The molecule has 1 aliphatic carbocycles. The maximum Gasteiger partial charge on any atom is 0.235 e. The van der Waals surface area contributed by atoms with Crippen molar-refractivity contribution in [3.05, 3.63) is 35.9 Å². The third-order valence-corrected chi connectivity index (χ3v) is 4.66. The summed E-state index contributed by atoms with van der Waals surface area (Å²) in [4.78, 5) is 26.1. The number of likely N-dealkylation sites (tertiary alicyclic amines) is 1. The Morgan fingerprint density at radius 3 is 2.45 bits per heavy atom. The van der Waals surface area contributed by atoms with Gasteiger partial charge in [0.1, 0.15) is 0 Å². The fourth-order valence-corrected chi connectivity index (χ4v) is 3.49. The highest BCUT2D eigenvalue weighted by molar-refractivity contribution is 6.06. The van der Waals surface area contributed by atoms with Gasteiger partial charge in [-0.15, -0.1) is 0 Å². The van der Waals surface area contributed by atoms with E-state index in [4.69, 9.17) is 5.73 Å². The number of carbonyl (C=O) groups is 2. The smallest absolute Gasteiger partial charge is 0.235 e. The van der Waals surface area contributed by atoms with Crippen molar-refractivity contribution < 1.29 is 9.59 Å². The Morgan fingerprint density at radius 1 is 1.15 bits per heavy atom. The second-order valence-electron chi connectivity index (χ2n) is 5.99. The lowest BCUT2D eigenvalue weighted by Gasteiger charge is -2.23. The number of imide groups is 1. The van der Waals surface area contributed by atoms with Crippen LogP contribution in [-0.4, -0.2) is 23.3 Å². The van der Waals surface area contributed by atoms with Crippen LogP contribution in [0.15, 0.2) is 30.3 Å². The zero-order valence-corrected chi connectivity index (χ0v) is 11.5. The largest absolute Gasteiger partial charge is 0.322 e. The summed E-state index contributed by atoms with van der Waals surface area (Å²) in [5.74, 6) is -0.0466. The van der Waals surface area contributed by atoms with Crippen LogP contribution in [0.1, 0.15) is 43.7 Å². The van der Waals surface area contributed by atoms with Crippen molar-refractivity contribution in [1.29, 1.82) is 0 Å². The molecule has 1 aliphatic heterocycles. The second kappa shape index (κ2) is 5.02. The first-order valence-electron chi connectivity index (χ1n) is 7.28. The van der Waals surface area contributed by atoms with E-state index >= 15 is 0 Å². The van der Waals surface area contributed by atoms with Gasteiger partial charge < -0.3 is 5.73 Å². The molecule has 0 bridgehead atoms. The minimum absolute atomic E-state index is 0.00591. The minimum atomic E-state index is -0.395. The summed E-state index contributed by atoms with van der Waals surface area (Å²) < 4.78 is 0. The Kier molecular flexibility index (Phi) is 3.34. The van der Waals surface area contributed by atoms with Gasteiger partial charge in [-0.1, -0.05) is 43.2 Å². The Labute approximate surface area is 118 Å². The molecular weight excluding hydrogens is 252 g/mol. The van der Waals surface area contributed by atoms with Gasteiger partial charge in [0.15, 0.2) is 0 Å². The molecule has 2 fully saturated rings. The average molecular weight is 272 g/mol. The van der Waals surface area contributed by atoms with E-state index in [9.17, 15) is 9.59 Å². The molecule has 106 valence electrons. The molecule has 4 heteroatoms. The molecule has 20 heavy (non-hydrogen) atoms. The zero-order valence-electron chi connectivity index (χ0n) is 11.5. The number of hydrogen-bond donors (Lipinski definition) is 1. The van der Waals surface area contributed by atoms with Crippen LogP contribution in [0.25, 0.3) is 0 Å². The van der Waals surface area contributed by atoms with Gasteiger partial charge in [-0.3, -0.25) is 14.5 Å². The number of hydrogen-bond acceptors (Lipinski definition) is 3. The number of amides is 2. The molecule has 1 unspecified atom stereocenters. The van der Waals surface area contributed by atoms with Gasteiger partial charge >= 0.3 is 0 Å². The first-order chi connectivity index (χ1) is 9.62. The molecule has 4 nitrogen and oxygen atoms in total. The van der Waals surface area contributed by atoms with Gasteiger partial charge in [0.05, 0.1) is 5.41 Å². The topological polar surface area (TPSA) is 63.4 Å². The molecular formula is C16H20N2O2. The van der Waals surface area contributed by atoms with Crippen molar-refractivity contribution in [2.24, 2.45) is 11.1 Å². The molecule has 1 heterocycles. The number of nitrogens with zero attached hydrogens (tertiary/aromatic N) is 1. The average Bonchev–Trinajstić information content (AvgIpc) is 3.01. The quantitative estimate of drug-likeness (QED) is 0.856. The van der Waals surface area contributed by atoms with Crippen molar-refractivity contribution in [3.63, 3.8) is 0 Å². The van der Waals surface area contributed by atoms with E-state index in [0.29, 0.717) is 13.0 Å². The van der Waals surface area contributed by atoms with Crippen LogP contribution in [0, 0.1) is 5.41 Å². The molecule has 1 spiro atoms. The Bertz CT molecular complexity index is 521. The van der Waals surface area contributed by atoms with E-state index in [-0.39, 0.29) is 17.9 Å². The molecule has 1 saturated heterocycles. The molecule has 2 aliphatic rings. The molecule has 1 aromatic rings. The van der Waals surface area contributed by atoms with Crippen molar-refractivity contribution in [3.8, 4) is 0 Å². The Hall–Kier alpha value is -1.68. The third kappa shape index (κ3) is 2.14. The predicted molar refractivity (Wildman–Crippen MR) is 75.6 cm³/mol. The van der Waals surface area contributed by atoms with Crippen LogP contribution >= 0.6 is 0 Å². The summed E-state index contributed by atoms with van der Waals surface area (Å²) >= 11 is 0. The Balaban J connectivity index is 1.74. The minimum Gasteiger partial charge on any atom is -0.322 e. The van der Waals surface area contributed by atoms with Crippen LogP contribution in [0.3, 0.4) is 0 Å². The van der Waals surface area contributed by atoms with Crippen LogP contribution in [0.2, 0.25) is 0 Å². The van der Waals surface area contributed by atoms with Crippen LogP contribution in [-0.2, 0) is 9.59 Å². The highest BCUT2D eigenvalue weighted by Crippen LogP contribution is 2.47. The maximum atomic E-state index is 12.6. The fourth-order valence-electron chi connectivity index (χ4n) is 3.49. The number of benzene rings is 1. The van der Waals surface area contributed by atoms with E-state index in [2.05, 4.69) is 0 Å². The van der Waals surface area contributed by atoms with Crippen LogP contribution < -0.4 is 5.73 Å². The first-order valence-corrected chi connectivity index (χ1v) is 7.28. The summed E-state index contributed by atoms with van der Waals surface area (Å²) in [6, 6.07) is 9.32. The first kappa shape index (κ1) is 13.3. The van der Waals surface area contributed by atoms with Crippen LogP contribution in [0.4, 0.5) is 0 Å². The van der Waals surface area contributed by atoms with Crippen molar-refractivity contribution in [2.45, 2.75) is 38.1 Å². The summed E-state index contributed by atoms with van der Waals surface area (Å²) in [5, 5.41) is 0. The molecule has 2 N–H and O–H groups in total. The van der Waals surface area contributed by atoms with E-state index in [1.165, 1.54) is 4.90 Å². The Morgan fingerprint density at radius 2 is 1.80 bits per heavy atom. The monoisotopic (exact) mass is 272 g/mol. The lowest BCUT2D eigenvalue weighted by molar-refractivity contribution is -0.141. The van der Waals surface area contributed by atoms with E-state index in [1.54, 1.807) is 0 Å². The molecule has 0 radical (unpaired) electrons. The lowest BCUT2D eigenvalue weighted by Crippen LogP contribution is -2.39. The van der Waals surface area contributed by atoms with E-state index in [0.717, 1.165) is 31.2 Å². The SMILES string of the molecule is NC(CN1C(=O)CC2(CCCC2)C1=O)c1ccccc1. The standard InChI is InChI=1S/C16H20N2O2/c17-13(12-6-2-1-3-7-12)11-18-14(19)10-16(15(18)20)8-4-5-9-16/h1-3,6-7,13H,4-5,8-11,17H2. The van der Waals surface area contributed by atoms with Gasteiger partial charge in [0, 0.05) is 19.0 Å². The predicted octanol–water partition coefficient (Wildman–Crippen LogP) is 2.01. The molecule has 1 saturated carbocycles. The normalized spacial score (nSPS) is 22.8. The van der Waals surface area contributed by atoms with E-state index in [1.807, 2.05) is 30.3 Å². The molecule has 3 rings (SSSR count). The van der Waals surface area contributed by atoms with E-state index < -0.39 is 5.41 Å². The van der Waals surface area contributed by atoms with Gasteiger partial charge in [0.2, 0.25) is 11.8 Å². The highest BCUT2D eigenvalue weighted by atomic mass is 16.2. The summed E-state index contributed by atoms with van der Waals surface area (Å²) in [6.45, 7) is 0.295. The van der Waals surface area contributed by atoms with Gasteiger partial charge in [-0.05, 0) is 18.4 Å². The van der Waals surface area contributed by atoms with Gasteiger partial charge in [-0.25, -0.2) is 0 Å². The summed E-state index contributed by atoms with van der Waals surface area (Å²) in [5.41, 5.74) is 6.70. The third-order valence-electron chi connectivity index (χ3n) is 4.66. The summed E-state index contributed by atoms with van der Waals surface area (Å²) in [7, 11) is 0. The molecule has 0 aromatic heterocycles. The number of nitrogens with two attached hydrogens (primary N) is 1. The molecule has 2 amide bonds. The van der Waals surface area contributed by atoms with Crippen molar-refractivity contribution in [2.75, 3.05) is 6.54 Å². The maximum absolute atomic E-state index is 12.6. The van der Waals surface area contributed by atoms with Crippen LogP contribution in [0.5, 0.6) is 0 Å².